The predicted octanol–water partition coefficient (Wildman–Crippen LogP) is 4.03. The number of hydrazine groups is 1. The van der Waals surface area contributed by atoms with Crippen molar-refractivity contribution in [3.63, 3.8) is 0 Å². The van der Waals surface area contributed by atoms with Gasteiger partial charge in [0.15, 0.2) is 0 Å². The first-order chi connectivity index (χ1) is 19.4. The zero-order valence-corrected chi connectivity index (χ0v) is 28.9. The number of amides is 4. The number of hydrogen-bond acceptors (Lipinski definition) is 8. The summed E-state index contributed by atoms with van der Waals surface area (Å²) in [6, 6.07) is -1.91. The molecule has 244 valence electrons. The fraction of sp³-hybridized carbons (Fsp3) is 0.900. The van der Waals surface area contributed by atoms with Crippen LogP contribution in [0.15, 0.2) is 0 Å². The number of likely N-dealkylation sites (N-methyl/N-ethyl adjacent to an activating group) is 1. The molecule has 0 aromatic rings. The molecule has 1 heterocycles. The number of nitrogens with zero attached hydrogens (tertiary/aromatic N) is 4. The van der Waals surface area contributed by atoms with E-state index in [1.165, 1.54) is 31.5 Å². The van der Waals surface area contributed by atoms with E-state index in [-0.39, 0.29) is 29.3 Å². The first-order valence-electron chi connectivity index (χ1n) is 15.5. The van der Waals surface area contributed by atoms with E-state index in [0.717, 1.165) is 25.2 Å². The van der Waals surface area contributed by atoms with Crippen LogP contribution in [0, 0.1) is 16.7 Å². The second-order valence-electron chi connectivity index (χ2n) is 14.6. The van der Waals surface area contributed by atoms with E-state index in [1.807, 2.05) is 65.3 Å². The van der Waals surface area contributed by atoms with Crippen molar-refractivity contribution in [3.8, 4) is 0 Å². The summed E-state index contributed by atoms with van der Waals surface area (Å²) in [7, 11) is 7.55. The van der Waals surface area contributed by atoms with Gasteiger partial charge in [-0.15, -0.1) is 0 Å². The summed E-state index contributed by atoms with van der Waals surface area (Å²) < 4.78 is 7.61. The monoisotopic (exact) mass is 613 g/mol. The van der Waals surface area contributed by atoms with E-state index in [2.05, 4.69) is 36.7 Å². The van der Waals surface area contributed by atoms with Crippen molar-refractivity contribution in [2.24, 2.45) is 16.7 Å². The molecular formula is C30H59N7O4S. The van der Waals surface area contributed by atoms with Gasteiger partial charge < -0.3 is 20.9 Å². The number of carbonyl (C=O) groups is 3. The quantitative estimate of drug-likeness (QED) is 0.144. The second-order valence-corrected chi connectivity index (χ2v) is 15.4. The van der Waals surface area contributed by atoms with E-state index < -0.39 is 23.5 Å². The average molecular weight is 614 g/mol. The van der Waals surface area contributed by atoms with E-state index >= 15 is 0 Å². The zero-order chi connectivity index (χ0) is 31.8. The van der Waals surface area contributed by atoms with Crippen LogP contribution >= 0.6 is 12.2 Å². The Balaban J connectivity index is 2.02. The summed E-state index contributed by atoms with van der Waals surface area (Å²) in [6.45, 7) is 15.0. The minimum atomic E-state index is -0.791. The van der Waals surface area contributed by atoms with E-state index in [4.69, 9.17) is 4.28 Å². The number of urea groups is 1. The Hall–Kier alpha value is -1.60. The molecule has 1 saturated carbocycles. The van der Waals surface area contributed by atoms with Gasteiger partial charge in [0.25, 0.3) is 0 Å². The number of hydroxylamine groups is 2. The number of nitrogens with one attached hydrogen (secondary N) is 3. The van der Waals surface area contributed by atoms with Crippen molar-refractivity contribution in [3.05, 3.63) is 0 Å². The topological polar surface area (TPSA) is 109 Å². The van der Waals surface area contributed by atoms with Gasteiger partial charge in [-0.25, -0.2) is 14.1 Å². The fourth-order valence-electron chi connectivity index (χ4n) is 4.97. The Morgan fingerprint density at radius 1 is 0.952 bits per heavy atom. The molecular weight excluding hydrogens is 554 g/mol. The molecule has 1 aliphatic heterocycles. The first-order valence-corrected chi connectivity index (χ1v) is 16.2. The lowest BCUT2D eigenvalue weighted by atomic mass is 9.85. The van der Waals surface area contributed by atoms with Crippen LogP contribution in [0.3, 0.4) is 0 Å². The summed E-state index contributed by atoms with van der Waals surface area (Å²) >= 11 is 1.18. The van der Waals surface area contributed by atoms with Gasteiger partial charge in [-0.05, 0) is 42.9 Å². The molecule has 0 bridgehead atoms. The summed E-state index contributed by atoms with van der Waals surface area (Å²) in [4.78, 5) is 42.2. The van der Waals surface area contributed by atoms with Gasteiger partial charge >= 0.3 is 6.03 Å². The van der Waals surface area contributed by atoms with Crippen LogP contribution in [-0.4, -0.2) is 103 Å². The van der Waals surface area contributed by atoms with Crippen LogP contribution in [0.5, 0.6) is 0 Å². The summed E-state index contributed by atoms with van der Waals surface area (Å²) in [5.74, 6) is 0.579. The maximum Gasteiger partial charge on any atom is 0.315 e. The van der Waals surface area contributed by atoms with Gasteiger partial charge in [-0.3, -0.25) is 9.59 Å². The molecule has 0 aromatic carbocycles. The largest absolute Gasteiger partial charge is 0.352 e. The average Bonchev–Trinajstić information content (AvgIpc) is 3.55. The SMILES string of the molecule is CC(CCCC1CC1)NC(=O)C1CCCN1C(=O)C(NC(=O)NC(CN(C)OSN(C)N(C)C)C(C)(C)C)C(C)(C)C. The summed E-state index contributed by atoms with van der Waals surface area (Å²) in [5.41, 5.74) is -0.833. The Bertz CT molecular complexity index is 888. The molecule has 4 atom stereocenters. The molecule has 2 fully saturated rings. The standard InChI is InChI=1S/C30H59N7O4S/c1-21(14-12-15-22-17-18-22)31-26(38)23-16-13-19-37(23)27(39)25(30(5,6)7)33-28(40)32-24(29(2,3)4)20-35(10)41-42-36(11)34(8)9/h21-25H,12-20H2,1-11H3,(H,31,38)(H2,32,33,40). The fourth-order valence-corrected chi connectivity index (χ4v) is 5.38. The van der Waals surface area contributed by atoms with Crippen molar-refractivity contribution in [2.75, 3.05) is 41.3 Å². The van der Waals surface area contributed by atoms with Crippen molar-refractivity contribution >= 4 is 30.1 Å². The van der Waals surface area contributed by atoms with Crippen molar-refractivity contribution < 1.29 is 18.7 Å². The molecule has 2 aliphatic rings. The molecule has 4 amide bonds. The number of likely N-dealkylation sites (tertiary alicyclic amines) is 1. The highest BCUT2D eigenvalue weighted by Gasteiger charge is 2.42. The molecule has 12 heteroatoms. The van der Waals surface area contributed by atoms with Gasteiger partial charge in [0.05, 0.1) is 6.04 Å². The molecule has 2 rings (SSSR count). The molecule has 42 heavy (non-hydrogen) atoms. The highest BCUT2D eigenvalue weighted by atomic mass is 32.2. The van der Waals surface area contributed by atoms with Crippen LogP contribution in [-0.2, 0) is 13.9 Å². The van der Waals surface area contributed by atoms with E-state index in [0.29, 0.717) is 19.5 Å². The smallest absolute Gasteiger partial charge is 0.315 e. The summed E-state index contributed by atoms with van der Waals surface area (Å²) in [5, 5.41) is 12.8. The lowest BCUT2D eigenvalue weighted by Gasteiger charge is -2.37. The third kappa shape index (κ3) is 12.2. The van der Waals surface area contributed by atoms with E-state index in [9.17, 15) is 14.4 Å². The lowest BCUT2D eigenvalue weighted by molar-refractivity contribution is -0.142. The number of carbonyl (C=O) groups excluding carboxylic acids is 3. The maximum atomic E-state index is 13.9. The van der Waals surface area contributed by atoms with Crippen LogP contribution in [0.1, 0.15) is 93.4 Å². The highest BCUT2D eigenvalue weighted by molar-refractivity contribution is 7.92. The molecule has 0 aromatic heterocycles. The lowest BCUT2D eigenvalue weighted by Crippen LogP contribution is -2.61. The molecule has 11 nitrogen and oxygen atoms in total. The molecule has 1 saturated heterocycles. The molecule has 1 aliphatic carbocycles. The van der Waals surface area contributed by atoms with Crippen LogP contribution in [0.4, 0.5) is 4.79 Å². The third-order valence-electron chi connectivity index (χ3n) is 8.18. The minimum absolute atomic E-state index is 0.0780. The van der Waals surface area contributed by atoms with Gasteiger partial charge in [0, 0.05) is 47.3 Å². The van der Waals surface area contributed by atoms with Crippen molar-refractivity contribution in [1.29, 1.82) is 0 Å². The van der Waals surface area contributed by atoms with Gasteiger partial charge in [0.2, 0.25) is 11.8 Å². The van der Waals surface area contributed by atoms with Gasteiger partial charge in [0.1, 0.15) is 24.3 Å². The normalized spacial score (nSPS) is 20.1. The highest BCUT2D eigenvalue weighted by Crippen LogP contribution is 2.34. The molecule has 3 N–H and O–H groups in total. The molecule has 0 spiro atoms. The Morgan fingerprint density at radius 2 is 1.60 bits per heavy atom. The number of rotatable bonds is 15. The maximum absolute atomic E-state index is 13.9. The molecule has 4 unspecified atom stereocenters. The van der Waals surface area contributed by atoms with Gasteiger partial charge in [-0.1, -0.05) is 67.2 Å². The predicted molar refractivity (Wildman–Crippen MR) is 170 cm³/mol. The van der Waals surface area contributed by atoms with Crippen LogP contribution in [0.25, 0.3) is 0 Å². The Labute approximate surface area is 259 Å². The van der Waals surface area contributed by atoms with Crippen molar-refractivity contribution in [1.82, 2.24) is 35.3 Å². The second kappa shape index (κ2) is 15.9. The van der Waals surface area contributed by atoms with Crippen LogP contribution < -0.4 is 16.0 Å². The summed E-state index contributed by atoms with van der Waals surface area (Å²) in [6.07, 6.45) is 7.40. The van der Waals surface area contributed by atoms with E-state index in [1.54, 1.807) is 9.96 Å². The zero-order valence-electron chi connectivity index (χ0n) is 28.1. The van der Waals surface area contributed by atoms with Crippen LogP contribution in [0.2, 0.25) is 0 Å². The Kier molecular flexibility index (Phi) is 13.9. The molecule has 0 radical (unpaired) electrons. The Morgan fingerprint density at radius 3 is 2.14 bits per heavy atom. The van der Waals surface area contributed by atoms with Gasteiger partial charge in [-0.2, -0.15) is 9.48 Å². The van der Waals surface area contributed by atoms with Crippen molar-refractivity contribution in [2.45, 2.75) is 118 Å². The number of hydrogen-bond donors (Lipinski definition) is 3. The first kappa shape index (κ1) is 36.6. The third-order valence-corrected chi connectivity index (χ3v) is 9.05. The minimum Gasteiger partial charge on any atom is -0.352 e.